The largest absolute Gasteiger partial charge is 0.478 e. The minimum absolute atomic E-state index is 0.0393. The topological polar surface area (TPSA) is 109 Å². The Morgan fingerprint density at radius 1 is 0.625 bits per heavy atom. The van der Waals surface area contributed by atoms with Crippen molar-refractivity contribution in [3.63, 3.8) is 0 Å². The maximum Gasteiger partial charge on any atom is 0.335 e. The van der Waals surface area contributed by atoms with Gasteiger partial charge in [0.1, 0.15) is 0 Å². The number of aromatic carboxylic acids is 2. The Hall–Kier alpha value is -4.58. The fraction of sp³-hybridized carbons (Fsp3) is 0. The fourth-order valence-electron chi connectivity index (χ4n) is 3.51. The summed E-state index contributed by atoms with van der Waals surface area (Å²) in [5, 5.41) is 18.7. The number of ketones is 2. The van der Waals surface area contributed by atoms with Gasteiger partial charge in [-0.1, -0.05) is 36.4 Å². The summed E-state index contributed by atoms with van der Waals surface area (Å²) in [6, 6.07) is 12.1. The first-order valence-electron chi connectivity index (χ1n) is 9.63. The summed E-state index contributed by atoms with van der Waals surface area (Å²) >= 11 is 0. The van der Waals surface area contributed by atoms with Crippen molar-refractivity contribution in [2.24, 2.45) is 0 Å². The van der Waals surface area contributed by atoms with Crippen LogP contribution in [-0.2, 0) is 9.59 Å². The lowest BCUT2D eigenvalue weighted by molar-refractivity contribution is -0.110. The van der Waals surface area contributed by atoms with Crippen molar-refractivity contribution in [3.8, 4) is 0 Å². The van der Waals surface area contributed by atoms with E-state index in [4.69, 9.17) is 0 Å². The average Bonchev–Trinajstić information content (AvgIpc) is 2.80. The van der Waals surface area contributed by atoms with Gasteiger partial charge in [-0.2, -0.15) is 0 Å². The maximum atomic E-state index is 13.4. The fourth-order valence-corrected chi connectivity index (χ4v) is 3.51. The first-order valence-corrected chi connectivity index (χ1v) is 9.63. The molecule has 156 valence electrons. The first-order chi connectivity index (χ1) is 15.3. The zero-order chi connectivity index (χ0) is 22.8. The molecule has 0 fully saturated rings. The highest BCUT2D eigenvalue weighted by molar-refractivity contribution is 6.44. The molecule has 2 aliphatic rings. The minimum atomic E-state index is -1.11. The number of hydrogen-bond donors (Lipinski definition) is 2. The molecular formula is C26H16O6. The number of carbonyl (C=O) groups is 4. The third-order valence-corrected chi connectivity index (χ3v) is 5.12. The zero-order valence-corrected chi connectivity index (χ0v) is 16.6. The second-order valence-corrected chi connectivity index (χ2v) is 7.20. The highest BCUT2D eigenvalue weighted by Crippen LogP contribution is 2.34. The molecule has 2 aliphatic carbocycles. The van der Waals surface area contributed by atoms with Crippen molar-refractivity contribution in [2.75, 3.05) is 0 Å². The molecule has 2 aromatic carbocycles. The van der Waals surface area contributed by atoms with Gasteiger partial charge in [0.2, 0.25) is 0 Å². The van der Waals surface area contributed by atoms with Crippen LogP contribution < -0.4 is 0 Å². The average molecular weight is 424 g/mol. The number of rotatable bonds is 4. The summed E-state index contributed by atoms with van der Waals surface area (Å²) in [4.78, 5) is 47.8. The molecule has 4 rings (SSSR count). The second kappa shape index (κ2) is 8.28. The number of carbonyl (C=O) groups excluding carboxylic acids is 2. The third-order valence-electron chi connectivity index (χ3n) is 5.12. The van der Waals surface area contributed by atoms with E-state index in [-0.39, 0.29) is 33.8 Å². The molecule has 0 spiro atoms. The Balaban J connectivity index is 1.91. The van der Waals surface area contributed by atoms with Gasteiger partial charge in [0.05, 0.1) is 11.1 Å². The normalized spacial score (nSPS) is 15.5. The molecule has 0 heterocycles. The van der Waals surface area contributed by atoms with Crippen molar-refractivity contribution >= 4 is 34.7 Å². The Morgan fingerprint density at radius 2 is 1.09 bits per heavy atom. The van der Waals surface area contributed by atoms with E-state index in [0.717, 1.165) is 0 Å². The molecule has 2 N–H and O–H groups in total. The van der Waals surface area contributed by atoms with Crippen LogP contribution in [0.3, 0.4) is 0 Å². The predicted octanol–water partition coefficient (Wildman–Crippen LogP) is 4.12. The smallest absolute Gasteiger partial charge is 0.335 e. The Bertz CT molecular complexity index is 1250. The lowest BCUT2D eigenvalue weighted by Crippen LogP contribution is -2.11. The van der Waals surface area contributed by atoms with Crippen LogP contribution in [0.25, 0.3) is 11.1 Å². The summed E-state index contributed by atoms with van der Waals surface area (Å²) in [7, 11) is 0. The molecule has 2 aromatic rings. The van der Waals surface area contributed by atoms with Crippen molar-refractivity contribution in [2.45, 2.75) is 0 Å². The quantitative estimate of drug-likeness (QED) is 0.764. The predicted molar refractivity (Wildman–Crippen MR) is 118 cm³/mol. The van der Waals surface area contributed by atoms with Gasteiger partial charge in [0, 0.05) is 11.1 Å². The van der Waals surface area contributed by atoms with E-state index in [1.165, 1.54) is 36.4 Å². The van der Waals surface area contributed by atoms with E-state index in [1.807, 2.05) is 0 Å². The van der Waals surface area contributed by atoms with Crippen LogP contribution in [0.5, 0.6) is 0 Å². The van der Waals surface area contributed by atoms with E-state index in [2.05, 4.69) is 0 Å². The highest BCUT2D eigenvalue weighted by Gasteiger charge is 2.25. The zero-order valence-electron chi connectivity index (χ0n) is 16.6. The summed E-state index contributed by atoms with van der Waals surface area (Å²) in [6.07, 6.45) is 9.39. The van der Waals surface area contributed by atoms with Gasteiger partial charge >= 0.3 is 11.9 Å². The maximum absolute atomic E-state index is 13.4. The number of allylic oxidation sites excluding steroid dienone is 10. The van der Waals surface area contributed by atoms with Gasteiger partial charge in [0.15, 0.2) is 11.6 Å². The standard InChI is InChI=1S/C26H16O6/c27-21-9-7-15(8-10-21)20-13-22(16-3-1-5-18(11-16)25(29)30)24(28)23(14-20)17-4-2-6-19(12-17)26(31)32/h1-14H,(H,29,30)(H,31,32). The summed E-state index contributed by atoms with van der Waals surface area (Å²) < 4.78 is 0. The molecule has 0 bridgehead atoms. The van der Waals surface area contributed by atoms with E-state index in [1.54, 1.807) is 48.6 Å². The van der Waals surface area contributed by atoms with Crippen LogP contribution in [-0.4, -0.2) is 33.7 Å². The monoisotopic (exact) mass is 424 g/mol. The lowest BCUT2D eigenvalue weighted by Gasteiger charge is -2.19. The highest BCUT2D eigenvalue weighted by atomic mass is 16.4. The van der Waals surface area contributed by atoms with E-state index in [0.29, 0.717) is 22.3 Å². The van der Waals surface area contributed by atoms with Gasteiger partial charge in [0.25, 0.3) is 0 Å². The second-order valence-electron chi connectivity index (χ2n) is 7.20. The van der Waals surface area contributed by atoms with Gasteiger partial charge < -0.3 is 10.2 Å². The molecule has 32 heavy (non-hydrogen) atoms. The lowest BCUT2D eigenvalue weighted by atomic mass is 9.83. The number of hydrogen-bond acceptors (Lipinski definition) is 4. The minimum Gasteiger partial charge on any atom is -0.478 e. The Morgan fingerprint density at radius 3 is 1.53 bits per heavy atom. The molecular weight excluding hydrogens is 408 g/mol. The molecule has 0 amide bonds. The van der Waals surface area contributed by atoms with Gasteiger partial charge in [-0.05, 0) is 70.8 Å². The summed E-state index contributed by atoms with van der Waals surface area (Å²) in [5.41, 5.74) is 2.79. The van der Waals surface area contributed by atoms with Gasteiger partial charge in [-0.15, -0.1) is 0 Å². The van der Waals surface area contributed by atoms with Crippen molar-refractivity contribution in [1.29, 1.82) is 0 Å². The van der Waals surface area contributed by atoms with E-state index < -0.39 is 11.9 Å². The Labute approximate surface area is 182 Å². The molecule has 0 atom stereocenters. The number of carboxylic acid groups (broad SMARTS) is 2. The molecule has 0 unspecified atom stereocenters. The van der Waals surface area contributed by atoms with Crippen LogP contribution in [0.4, 0.5) is 0 Å². The van der Waals surface area contributed by atoms with Gasteiger partial charge in [-0.25, -0.2) is 9.59 Å². The van der Waals surface area contributed by atoms with Crippen molar-refractivity contribution in [3.05, 3.63) is 118 Å². The molecule has 0 saturated carbocycles. The number of carboxylic acids is 2. The Kier molecular flexibility index (Phi) is 5.35. The molecule has 6 nitrogen and oxygen atoms in total. The SMILES string of the molecule is O=C1C=CC(=C2C=C(c3cccc(C(=O)O)c3)C(=O)C(c3cccc(C(=O)O)c3)=C2)C=C1. The number of Topliss-reactive ketones (excluding diaryl/α,β-unsaturated/α-hetero) is 1. The third kappa shape index (κ3) is 4.02. The van der Waals surface area contributed by atoms with Crippen molar-refractivity contribution in [1.82, 2.24) is 0 Å². The first kappa shape index (κ1) is 20.7. The van der Waals surface area contributed by atoms with Crippen LogP contribution in [0.1, 0.15) is 31.8 Å². The van der Waals surface area contributed by atoms with Crippen molar-refractivity contribution < 1.29 is 29.4 Å². The van der Waals surface area contributed by atoms with Crippen LogP contribution >= 0.6 is 0 Å². The molecule has 0 saturated heterocycles. The summed E-state index contributed by atoms with van der Waals surface area (Å²) in [6.45, 7) is 0. The van der Waals surface area contributed by atoms with Crippen LogP contribution in [0.15, 0.2) is 96.1 Å². The van der Waals surface area contributed by atoms with Crippen LogP contribution in [0.2, 0.25) is 0 Å². The summed E-state index contributed by atoms with van der Waals surface area (Å²) in [5.74, 6) is -2.75. The van der Waals surface area contributed by atoms with Gasteiger partial charge in [-0.3, -0.25) is 9.59 Å². The van der Waals surface area contributed by atoms with Crippen LogP contribution in [0, 0.1) is 0 Å². The number of benzene rings is 2. The molecule has 6 heteroatoms. The molecule has 0 aromatic heterocycles. The van der Waals surface area contributed by atoms with E-state index in [9.17, 15) is 29.4 Å². The molecule has 0 aliphatic heterocycles. The molecule has 0 radical (unpaired) electrons. The van der Waals surface area contributed by atoms with E-state index >= 15 is 0 Å².